The second-order valence-electron chi connectivity index (χ2n) is 8.47. The molecule has 0 fully saturated rings. The van der Waals surface area contributed by atoms with Gasteiger partial charge in [-0.3, -0.25) is 4.98 Å². The van der Waals surface area contributed by atoms with Crippen molar-refractivity contribution in [3.63, 3.8) is 0 Å². The van der Waals surface area contributed by atoms with Gasteiger partial charge in [-0.05, 0) is 64.8 Å². The van der Waals surface area contributed by atoms with Crippen LogP contribution in [-0.2, 0) is 18.8 Å². The lowest BCUT2D eigenvalue weighted by Crippen LogP contribution is -2.12. The first-order chi connectivity index (χ1) is 14.8. The maximum absolute atomic E-state index is 13.7. The molecule has 0 saturated carbocycles. The third-order valence-electron chi connectivity index (χ3n) is 5.56. The quantitative estimate of drug-likeness (QED) is 0.371. The number of aryl methyl sites for hydroxylation is 1. The molecule has 0 bridgehead atoms. The summed E-state index contributed by atoms with van der Waals surface area (Å²) in [6.07, 6.45) is 1.03. The largest absolute Gasteiger partial charge is 0.392 e. The second kappa shape index (κ2) is 10.4. The summed E-state index contributed by atoms with van der Waals surface area (Å²) < 4.78 is 13.7. The van der Waals surface area contributed by atoms with Crippen LogP contribution in [0.1, 0.15) is 74.5 Å². The summed E-state index contributed by atoms with van der Waals surface area (Å²) in [5, 5.41) is 10.3. The van der Waals surface area contributed by atoms with E-state index in [-0.39, 0.29) is 24.3 Å². The lowest BCUT2D eigenvalue weighted by atomic mass is 9.88. The van der Waals surface area contributed by atoms with E-state index in [4.69, 9.17) is 4.98 Å². The van der Waals surface area contributed by atoms with Crippen LogP contribution in [0.25, 0.3) is 11.1 Å². The molecule has 3 rings (SSSR count). The lowest BCUT2D eigenvalue weighted by molar-refractivity contribution is 0.279. The molecule has 0 amide bonds. The van der Waals surface area contributed by atoms with E-state index in [9.17, 15) is 9.50 Å². The van der Waals surface area contributed by atoms with Gasteiger partial charge in [-0.2, -0.15) is 0 Å². The Labute approximate surface area is 189 Å². The highest BCUT2D eigenvalue weighted by atomic mass is 32.2. The highest BCUT2D eigenvalue weighted by molar-refractivity contribution is 7.98. The van der Waals surface area contributed by atoms with E-state index in [1.165, 1.54) is 22.6 Å². The van der Waals surface area contributed by atoms with E-state index in [0.29, 0.717) is 0 Å². The number of aliphatic hydroxyl groups is 1. The highest BCUT2D eigenvalue weighted by Crippen LogP contribution is 2.39. The minimum absolute atomic E-state index is 0.0888. The number of aliphatic hydroxyl groups excluding tert-OH is 1. The topological polar surface area (TPSA) is 33.1 Å². The predicted molar refractivity (Wildman–Crippen MR) is 129 cm³/mol. The Kier molecular flexibility index (Phi) is 7.90. The third kappa shape index (κ3) is 5.36. The summed E-state index contributed by atoms with van der Waals surface area (Å²) in [5.74, 6) is 0.900. The summed E-state index contributed by atoms with van der Waals surface area (Å²) in [6.45, 7) is 10.6. The van der Waals surface area contributed by atoms with Crippen LogP contribution in [-0.4, -0.2) is 10.1 Å². The molecule has 3 aromatic rings. The number of thioether (sulfide) groups is 1. The molecular formula is C27H32FNOS. The van der Waals surface area contributed by atoms with Crippen molar-refractivity contribution in [1.82, 2.24) is 4.98 Å². The zero-order valence-electron chi connectivity index (χ0n) is 19.1. The fourth-order valence-electron chi connectivity index (χ4n) is 3.91. The van der Waals surface area contributed by atoms with Gasteiger partial charge in [-0.15, -0.1) is 11.8 Å². The second-order valence-corrected chi connectivity index (χ2v) is 9.52. The van der Waals surface area contributed by atoms with Gasteiger partial charge in [0.25, 0.3) is 0 Å². The number of aromatic nitrogens is 1. The highest BCUT2D eigenvalue weighted by Gasteiger charge is 2.23. The Bertz CT molecular complexity index is 1010. The zero-order chi connectivity index (χ0) is 22.5. The average molecular weight is 438 g/mol. The van der Waals surface area contributed by atoms with Crippen LogP contribution in [0.5, 0.6) is 0 Å². The molecule has 0 aliphatic carbocycles. The van der Waals surface area contributed by atoms with E-state index < -0.39 is 0 Å². The fraction of sp³-hybridized carbons (Fsp3) is 0.370. The molecule has 0 spiro atoms. The Hall–Kier alpha value is -2.17. The monoisotopic (exact) mass is 437 g/mol. The van der Waals surface area contributed by atoms with Crippen LogP contribution in [0.15, 0.2) is 53.4 Å². The number of pyridine rings is 1. The molecule has 0 aliphatic rings. The first-order valence-electron chi connectivity index (χ1n) is 11.0. The van der Waals surface area contributed by atoms with Gasteiger partial charge < -0.3 is 5.11 Å². The van der Waals surface area contributed by atoms with Gasteiger partial charge in [-0.25, -0.2) is 4.39 Å². The van der Waals surface area contributed by atoms with Gasteiger partial charge in [0.15, 0.2) is 0 Å². The first-order valence-corrected chi connectivity index (χ1v) is 12.0. The number of halogens is 1. The van der Waals surface area contributed by atoms with Crippen molar-refractivity contribution in [1.29, 1.82) is 0 Å². The smallest absolute Gasteiger partial charge is 0.123 e. The number of rotatable bonds is 8. The molecule has 0 unspecified atom stereocenters. The van der Waals surface area contributed by atoms with Crippen molar-refractivity contribution in [3.05, 3.63) is 82.4 Å². The molecule has 4 heteroatoms. The maximum Gasteiger partial charge on any atom is 0.123 e. The van der Waals surface area contributed by atoms with E-state index in [2.05, 4.69) is 58.9 Å². The van der Waals surface area contributed by atoms with E-state index in [1.54, 1.807) is 11.8 Å². The summed E-state index contributed by atoms with van der Waals surface area (Å²) in [6, 6.07) is 15.3. The van der Waals surface area contributed by atoms with Crippen LogP contribution in [0.3, 0.4) is 0 Å². The lowest BCUT2D eigenvalue weighted by Gasteiger charge is -2.24. The zero-order valence-corrected chi connectivity index (χ0v) is 19.9. The third-order valence-corrected chi connectivity index (χ3v) is 6.60. The van der Waals surface area contributed by atoms with Gasteiger partial charge in [0.05, 0.1) is 6.61 Å². The number of hydrogen-bond donors (Lipinski definition) is 1. The van der Waals surface area contributed by atoms with Crippen molar-refractivity contribution < 1.29 is 9.50 Å². The first kappa shape index (κ1) is 23.5. The van der Waals surface area contributed by atoms with Gasteiger partial charge in [-0.1, -0.05) is 58.9 Å². The van der Waals surface area contributed by atoms with E-state index in [1.807, 2.05) is 12.1 Å². The van der Waals surface area contributed by atoms with E-state index in [0.717, 1.165) is 45.8 Å². The molecular weight excluding hydrogens is 405 g/mol. The van der Waals surface area contributed by atoms with Crippen molar-refractivity contribution in [2.24, 2.45) is 0 Å². The summed E-state index contributed by atoms with van der Waals surface area (Å²) in [4.78, 5) is 6.24. The Morgan fingerprint density at radius 3 is 1.97 bits per heavy atom. The maximum atomic E-state index is 13.7. The minimum atomic E-state index is -0.261. The van der Waals surface area contributed by atoms with Crippen molar-refractivity contribution in [2.75, 3.05) is 0 Å². The molecule has 2 aromatic carbocycles. The minimum Gasteiger partial charge on any atom is -0.392 e. The Morgan fingerprint density at radius 2 is 1.45 bits per heavy atom. The van der Waals surface area contributed by atoms with Crippen LogP contribution in [0.4, 0.5) is 4.39 Å². The Morgan fingerprint density at radius 1 is 0.871 bits per heavy atom. The SMILES string of the molecule is CCc1ccc(SCc2c(C(C)C)nc(C(C)C)c(CO)c2-c2ccc(F)cc2)cc1. The number of nitrogens with zero attached hydrogens (tertiary/aromatic N) is 1. The molecule has 0 radical (unpaired) electrons. The normalized spacial score (nSPS) is 11.5. The molecule has 0 saturated heterocycles. The van der Waals surface area contributed by atoms with Crippen LogP contribution >= 0.6 is 11.8 Å². The standard InChI is InChI=1S/C27H32FNOS/c1-6-19-7-13-22(14-8-19)31-16-24-25(20-9-11-21(28)12-10-20)23(15-30)26(17(2)3)29-27(24)18(4)5/h7-14,17-18,30H,6,15-16H2,1-5H3. The summed E-state index contributed by atoms with van der Waals surface area (Å²) in [7, 11) is 0. The van der Waals surface area contributed by atoms with Gasteiger partial charge >= 0.3 is 0 Å². The van der Waals surface area contributed by atoms with Crippen LogP contribution in [0, 0.1) is 5.82 Å². The van der Waals surface area contributed by atoms with Crippen molar-refractivity contribution in [3.8, 4) is 11.1 Å². The molecule has 0 atom stereocenters. The van der Waals surface area contributed by atoms with Gasteiger partial charge in [0.1, 0.15) is 5.82 Å². The van der Waals surface area contributed by atoms with Crippen LogP contribution < -0.4 is 0 Å². The molecule has 1 aromatic heterocycles. The van der Waals surface area contributed by atoms with Crippen molar-refractivity contribution in [2.45, 2.75) is 70.1 Å². The molecule has 1 heterocycles. The average Bonchev–Trinajstić information content (AvgIpc) is 2.77. The summed E-state index contributed by atoms with van der Waals surface area (Å²) in [5.41, 5.74) is 7.20. The van der Waals surface area contributed by atoms with Crippen molar-refractivity contribution >= 4 is 11.8 Å². The van der Waals surface area contributed by atoms with Gasteiger partial charge in [0, 0.05) is 27.6 Å². The van der Waals surface area contributed by atoms with E-state index >= 15 is 0 Å². The fourth-order valence-corrected chi connectivity index (χ4v) is 4.84. The van der Waals surface area contributed by atoms with Gasteiger partial charge in [0.2, 0.25) is 0 Å². The summed E-state index contributed by atoms with van der Waals surface area (Å²) >= 11 is 1.77. The molecule has 2 nitrogen and oxygen atoms in total. The molecule has 1 N–H and O–H groups in total. The van der Waals surface area contributed by atoms with Crippen LogP contribution in [0.2, 0.25) is 0 Å². The molecule has 164 valence electrons. The number of benzene rings is 2. The predicted octanol–water partition coefficient (Wildman–Crippen LogP) is 7.48. The Balaban J connectivity index is 2.16. The molecule has 0 aliphatic heterocycles. The molecule has 31 heavy (non-hydrogen) atoms. The number of hydrogen-bond acceptors (Lipinski definition) is 3.